The first-order valence-corrected chi connectivity index (χ1v) is 9.80. The number of benzene rings is 1. The average Bonchev–Trinajstić information content (AvgIpc) is 3.22. The average molecular weight is 357 g/mol. The van der Waals surface area contributed by atoms with Crippen LogP contribution in [0.15, 0.2) is 24.3 Å². The van der Waals surface area contributed by atoms with Crippen molar-refractivity contribution in [3.05, 3.63) is 29.8 Å². The van der Waals surface area contributed by atoms with Crippen molar-refractivity contribution in [2.45, 2.75) is 63.6 Å². The maximum Gasteiger partial charge on any atom is 0.307 e. The molecule has 1 saturated carbocycles. The lowest BCUT2D eigenvalue weighted by molar-refractivity contribution is -0.152. The third kappa shape index (κ3) is 3.31. The molecule has 4 rings (SSSR count). The van der Waals surface area contributed by atoms with Gasteiger partial charge in [-0.1, -0.05) is 12.1 Å². The third-order valence-corrected chi connectivity index (χ3v) is 6.12. The summed E-state index contributed by atoms with van der Waals surface area (Å²) in [6, 6.07) is 8.08. The molecule has 0 radical (unpaired) electrons. The Morgan fingerprint density at radius 3 is 2.65 bits per heavy atom. The van der Waals surface area contributed by atoms with Crippen molar-refractivity contribution in [1.82, 2.24) is 4.90 Å². The Balaban J connectivity index is 1.35. The Morgan fingerprint density at radius 1 is 1.23 bits per heavy atom. The first-order chi connectivity index (χ1) is 12.6. The first-order valence-electron chi connectivity index (χ1n) is 9.80. The number of carbonyl (C=O) groups excluding carboxylic acids is 2. The van der Waals surface area contributed by atoms with Crippen molar-refractivity contribution in [2.75, 3.05) is 13.1 Å². The van der Waals surface area contributed by atoms with Gasteiger partial charge >= 0.3 is 5.97 Å². The number of hydrogen-bond acceptors (Lipinski definition) is 4. The summed E-state index contributed by atoms with van der Waals surface area (Å²) in [6.45, 7) is 3.43. The SMILES string of the molecule is Cc1cccc(OC2CCN(C(=O)[C@H]3CC(=O)OC34CCCC4)CC2)c1. The van der Waals surface area contributed by atoms with Crippen LogP contribution in [0.25, 0.3) is 0 Å². The van der Waals surface area contributed by atoms with Crippen LogP contribution in [0.1, 0.15) is 50.5 Å². The highest BCUT2D eigenvalue weighted by atomic mass is 16.6. The second kappa shape index (κ2) is 6.93. The van der Waals surface area contributed by atoms with Gasteiger partial charge in [-0.15, -0.1) is 0 Å². The van der Waals surface area contributed by atoms with E-state index >= 15 is 0 Å². The Morgan fingerprint density at radius 2 is 1.96 bits per heavy atom. The van der Waals surface area contributed by atoms with Crippen LogP contribution >= 0.6 is 0 Å². The van der Waals surface area contributed by atoms with Crippen molar-refractivity contribution in [2.24, 2.45) is 5.92 Å². The van der Waals surface area contributed by atoms with E-state index < -0.39 is 5.60 Å². The van der Waals surface area contributed by atoms with Crippen LogP contribution < -0.4 is 4.74 Å². The predicted molar refractivity (Wildman–Crippen MR) is 96.8 cm³/mol. The van der Waals surface area contributed by atoms with Crippen molar-refractivity contribution in [3.8, 4) is 5.75 Å². The van der Waals surface area contributed by atoms with Gasteiger partial charge in [-0.3, -0.25) is 9.59 Å². The molecule has 2 heterocycles. The Hall–Kier alpha value is -2.04. The Labute approximate surface area is 154 Å². The van der Waals surface area contributed by atoms with Gasteiger partial charge in [-0.2, -0.15) is 0 Å². The van der Waals surface area contributed by atoms with Crippen molar-refractivity contribution in [1.29, 1.82) is 0 Å². The van der Waals surface area contributed by atoms with Gasteiger partial charge in [0.05, 0.1) is 12.3 Å². The molecule has 3 fully saturated rings. The highest BCUT2D eigenvalue weighted by Gasteiger charge is 2.54. The third-order valence-electron chi connectivity index (χ3n) is 6.12. The summed E-state index contributed by atoms with van der Waals surface area (Å²) in [6.07, 6.45) is 5.81. The summed E-state index contributed by atoms with van der Waals surface area (Å²) in [5, 5.41) is 0. The molecule has 1 spiro atoms. The van der Waals surface area contributed by atoms with Crippen molar-refractivity contribution >= 4 is 11.9 Å². The lowest BCUT2D eigenvalue weighted by Gasteiger charge is -2.36. The fourth-order valence-corrected chi connectivity index (χ4v) is 4.72. The van der Waals surface area contributed by atoms with Crippen LogP contribution in [-0.4, -0.2) is 41.6 Å². The van der Waals surface area contributed by atoms with Crippen LogP contribution in [0, 0.1) is 12.8 Å². The number of esters is 1. The van der Waals surface area contributed by atoms with E-state index in [0.29, 0.717) is 13.1 Å². The normalized spacial score (nSPS) is 25.5. The van der Waals surface area contributed by atoms with Gasteiger partial charge in [-0.05, 0) is 50.3 Å². The van der Waals surface area contributed by atoms with Gasteiger partial charge in [-0.25, -0.2) is 0 Å². The maximum atomic E-state index is 13.1. The van der Waals surface area contributed by atoms with Gasteiger partial charge in [0.2, 0.25) is 5.91 Å². The van der Waals surface area contributed by atoms with Crippen molar-refractivity contribution < 1.29 is 19.1 Å². The molecular formula is C21H27NO4. The zero-order valence-electron chi connectivity index (χ0n) is 15.4. The fourth-order valence-electron chi connectivity index (χ4n) is 4.72. The molecule has 1 aliphatic carbocycles. The zero-order valence-corrected chi connectivity index (χ0v) is 15.4. The summed E-state index contributed by atoms with van der Waals surface area (Å²) < 4.78 is 11.7. The predicted octanol–water partition coefficient (Wildman–Crippen LogP) is 3.24. The molecule has 0 unspecified atom stereocenters. The minimum absolute atomic E-state index is 0.103. The van der Waals surface area contributed by atoms with E-state index in [9.17, 15) is 9.59 Å². The quantitative estimate of drug-likeness (QED) is 0.780. The highest BCUT2D eigenvalue weighted by Crippen LogP contribution is 2.46. The summed E-state index contributed by atoms with van der Waals surface area (Å²) in [4.78, 5) is 26.9. The monoisotopic (exact) mass is 357 g/mol. The van der Waals surface area contributed by atoms with E-state index in [4.69, 9.17) is 9.47 Å². The summed E-state index contributed by atoms with van der Waals surface area (Å²) in [5.74, 6) is 0.510. The standard InChI is InChI=1S/C21H27NO4/c1-15-5-4-6-17(13-15)25-16-7-11-22(12-8-16)20(24)18-14-19(23)26-21(18)9-2-3-10-21/h4-6,13,16,18H,2-3,7-12,14H2,1H3/t18-/m1/s1. The number of piperidine rings is 1. The number of ether oxygens (including phenoxy) is 2. The number of aryl methyl sites for hydroxylation is 1. The van der Waals surface area contributed by atoms with Gasteiger partial charge in [0, 0.05) is 25.9 Å². The minimum Gasteiger partial charge on any atom is -0.490 e. The van der Waals surface area contributed by atoms with Crippen LogP contribution in [0.2, 0.25) is 0 Å². The van der Waals surface area contributed by atoms with E-state index in [1.54, 1.807) is 0 Å². The van der Waals surface area contributed by atoms with Gasteiger partial charge < -0.3 is 14.4 Å². The summed E-state index contributed by atoms with van der Waals surface area (Å²) >= 11 is 0. The molecule has 0 N–H and O–H groups in total. The molecule has 26 heavy (non-hydrogen) atoms. The second-order valence-corrected chi connectivity index (χ2v) is 7.96. The van der Waals surface area contributed by atoms with E-state index in [1.807, 2.05) is 23.1 Å². The topological polar surface area (TPSA) is 55.8 Å². The highest BCUT2D eigenvalue weighted by molar-refractivity contribution is 5.88. The molecule has 5 heteroatoms. The molecule has 0 bridgehead atoms. The molecular weight excluding hydrogens is 330 g/mol. The van der Waals surface area contributed by atoms with E-state index in [1.165, 1.54) is 5.56 Å². The largest absolute Gasteiger partial charge is 0.490 e. The number of amides is 1. The molecule has 3 aliphatic rings. The van der Waals surface area contributed by atoms with E-state index in [0.717, 1.165) is 44.3 Å². The molecule has 1 aromatic carbocycles. The number of carbonyl (C=O) groups is 2. The van der Waals surface area contributed by atoms with Gasteiger partial charge in [0.25, 0.3) is 0 Å². The molecule has 1 amide bonds. The first kappa shape index (κ1) is 17.4. The lowest BCUT2D eigenvalue weighted by atomic mass is 9.84. The molecule has 140 valence electrons. The van der Waals surface area contributed by atoms with Crippen LogP contribution in [-0.2, 0) is 14.3 Å². The summed E-state index contributed by atoms with van der Waals surface area (Å²) in [5.41, 5.74) is 0.672. The molecule has 2 aliphatic heterocycles. The van der Waals surface area contributed by atoms with Gasteiger partial charge in [0.1, 0.15) is 17.5 Å². The number of likely N-dealkylation sites (tertiary alicyclic amines) is 1. The Kier molecular flexibility index (Phi) is 4.63. The van der Waals surface area contributed by atoms with Crippen molar-refractivity contribution in [3.63, 3.8) is 0 Å². The van der Waals surface area contributed by atoms with Crippen LogP contribution in [0.5, 0.6) is 5.75 Å². The number of hydrogen-bond donors (Lipinski definition) is 0. The zero-order chi connectivity index (χ0) is 18.1. The second-order valence-electron chi connectivity index (χ2n) is 7.96. The van der Waals surface area contributed by atoms with Crippen LogP contribution in [0.4, 0.5) is 0 Å². The minimum atomic E-state index is -0.511. The van der Waals surface area contributed by atoms with E-state index in [2.05, 4.69) is 13.0 Å². The molecule has 0 aromatic heterocycles. The smallest absolute Gasteiger partial charge is 0.307 e. The number of rotatable bonds is 3. The molecule has 5 nitrogen and oxygen atoms in total. The lowest BCUT2D eigenvalue weighted by Crippen LogP contribution is -2.48. The van der Waals surface area contributed by atoms with E-state index in [-0.39, 0.29) is 30.3 Å². The number of nitrogens with zero attached hydrogens (tertiary/aromatic N) is 1. The van der Waals surface area contributed by atoms with Crippen LogP contribution in [0.3, 0.4) is 0 Å². The van der Waals surface area contributed by atoms with Gasteiger partial charge in [0.15, 0.2) is 0 Å². The summed E-state index contributed by atoms with van der Waals surface area (Å²) in [7, 11) is 0. The molecule has 1 atom stereocenters. The fraction of sp³-hybridized carbons (Fsp3) is 0.619. The molecule has 2 saturated heterocycles. The molecule has 1 aromatic rings. The Bertz CT molecular complexity index is 687. The maximum absolute atomic E-state index is 13.1.